The van der Waals surface area contributed by atoms with Crippen molar-refractivity contribution < 1.29 is 0 Å². The molecule has 2 aliphatic rings. The van der Waals surface area contributed by atoms with Crippen LogP contribution in [0.2, 0.25) is 0 Å². The number of anilines is 2. The molecule has 2 saturated heterocycles. The molecule has 3 rings (SSSR count). The fourth-order valence-corrected chi connectivity index (χ4v) is 3.52. The average molecular weight is 261 g/mol. The highest BCUT2D eigenvalue weighted by atomic mass is 15.2. The fraction of sp³-hybridized carbons (Fsp3) is 0.714. The summed E-state index contributed by atoms with van der Waals surface area (Å²) in [6.45, 7) is 0. The zero-order valence-electron chi connectivity index (χ0n) is 11.8. The highest BCUT2D eigenvalue weighted by molar-refractivity contribution is 5.46. The Kier molecular flexibility index (Phi) is 3.55. The van der Waals surface area contributed by atoms with Crippen LogP contribution in [0.1, 0.15) is 32.1 Å². The third-order valence-electron chi connectivity index (χ3n) is 4.62. The molecule has 2 aliphatic heterocycles. The molecule has 1 aromatic heterocycles. The summed E-state index contributed by atoms with van der Waals surface area (Å²) >= 11 is 0. The maximum absolute atomic E-state index is 4.32. The second kappa shape index (κ2) is 5.33. The quantitative estimate of drug-likeness (QED) is 0.871. The van der Waals surface area contributed by atoms with Gasteiger partial charge in [-0.25, -0.2) is 9.97 Å². The monoisotopic (exact) mass is 261 g/mol. The lowest BCUT2D eigenvalue weighted by atomic mass is 9.82. The Labute approximate surface area is 114 Å². The molecule has 2 N–H and O–H groups in total. The van der Waals surface area contributed by atoms with E-state index in [2.05, 4.69) is 32.5 Å². The first-order valence-electron chi connectivity index (χ1n) is 7.24. The number of nitrogens with one attached hydrogen (secondary N) is 2. The molecule has 2 bridgehead atoms. The van der Waals surface area contributed by atoms with Gasteiger partial charge < -0.3 is 15.5 Å². The van der Waals surface area contributed by atoms with Gasteiger partial charge in [-0.05, 0) is 32.7 Å². The molecule has 5 nitrogen and oxygen atoms in total. The molecule has 0 aromatic carbocycles. The minimum absolute atomic E-state index is 0.547. The minimum atomic E-state index is 0.547. The zero-order chi connectivity index (χ0) is 13.2. The van der Waals surface area contributed by atoms with Gasteiger partial charge in [0.25, 0.3) is 0 Å². The fourth-order valence-electron chi connectivity index (χ4n) is 3.52. The van der Waals surface area contributed by atoms with Crippen LogP contribution < -0.4 is 10.6 Å². The number of hydrogen-bond donors (Lipinski definition) is 2. The summed E-state index contributed by atoms with van der Waals surface area (Å²) in [5.41, 5.74) is 0. The first-order valence-corrected chi connectivity index (χ1v) is 7.24. The normalized spacial score (nSPS) is 30.9. The van der Waals surface area contributed by atoms with Gasteiger partial charge in [0.05, 0.1) is 0 Å². The van der Waals surface area contributed by atoms with Crippen molar-refractivity contribution >= 4 is 11.6 Å². The molecule has 3 heterocycles. The summed E-state index contributed by atoms with van der Waals surface area (Å²) in [6.07, 6.45) is 8.15. The summed E-state index contributed by atoms with van der Waals surface area (Å²) in [6, 6.07) is 4.02. The van der Waals surface area contributed by atoms with Gasteiger partial charge in [0, 0.05) is 31.2 Å². The molecule has 2 atom stereocenters. The van der Waals surface area contributed by atoms with Gasteiger partial charge in [-0.1, -0.05) is 6.42 Å². The summed E-state index contributed by atoms with van der Waals surface area (Å²) in [5, 5.41) is 6.64. The first-order chi connectivity index (χ1) is 9.26. The van der Waals surface area contributed by atoms with Crippen LogP contribution in [0.15, 0.2) is 12.4 Å². The Bertz CT molecular complexity index is 422. The van der Waals surface area contributed by atoms with Gasteiger partial charge in [0.15, 0.2) is 0 Å². The van der Waals surface area contributed by atoms with Gasteiger partial charge in [-0.3, -0.25) is 0 Å². The average Bonchev–Trinajstić information content (AvgIpc) is 2.40. The maximum Gasteiger partial charge on any atom is 0.131 e. The van der Waals surface area contributed by atoms with Crippen molar-refractivity contribution in [3.05, 3.63) is 12.4 Å². The largest absolute Gasteiger partial charge is 0.373 e. The van der Waals surface area contributed by atoms with E-state index in [0.29, 0.717) is 6.04 Å². The third-order valence-corrected chi connectivity index (χ3v) is 4.62. The summed E-state index contributed by atoms with van der Waals surface area (Å²) in [5.74, 6) is 1.80. The minimum Gasteiger partial charge on any atom is -0.373 e. The second-order valence-corrected chi connectivity index (χ2v) is 5.76. The van der Waals surface area contributed by atoms with Crippen molar-refractivity contribution in [2.24, 2.45) is 0 Å². The van der Waals surface area contributed by atoms with Crippen LogP contribution in [0, 0.1) is 0 Å². The van der Waals surface area contributed by atoms with Crippen LogP contribution in [-0.2, 0) is 0 Å². The van der Waals surface area contributed by atoms with Crippen LogP contribution in [-0.4, -0.2) is 47.1 Å². The number of nitrogens with zero attached hydrogens (tertiary/aromatic N) is 3. The topological polar surface area (TPSA) is 53.1 Å². The molecule has 1 aromatic rings. The number of hydrogen-bond acceptors (Lipinski definition) is 5. The van der Waals surface area contributed by atoms with E-state index in [1.165, 1.54) is 32.1 Å². The van der Waals surface area contributed by atoms with E-state index >= 15 is 0 Å². The van der Waals surface area contributed by atoms with Crippen molar-refractivity contribution in [3.8, 4) is 0 Å². The molecule has 19 heavy (non-hydrogen) atoms. The molecular formula is C14H23N5. The first kappa shape index (κ1) is 12.7. The maximum atomic E-state index is 4.32. The predicted octanol–water partition coefficient (Wildman–Crippen LogP) is 1.95. The Balaban J connectivity index is 1.67. The SMILES string of the molecule is CNc1cc(NC2CC3CCCC(C2)N3C)ncn1. The zero-order valence-corrected chi connectivity index (χ0v) is 11.8. The Morgan fingerprint density at radius 1 is 1.16 bits per heavy atom. The van der Waals surface area contributed by atoms with E-state index in [1.54, 1.807) is 6.33 Å². The smallest absolute Gasteiger partial charge is 0.131 e. The highest BCUT2D eigenvalue weighted by Gasteiger charge is 2.35. The lowest BCUT2D eigenvalue weighted by Crippen LogP contribution is -2.52. The van der Waals surface area contributed by atoms with Crippen LogP contribution in [0.3, 0.4) is 0 Å². The van der Waals surface area contributed by atoms with E-state index < -0.39 is 0 Å². The third kappa shape index (κ3) is 2.66. The van der Waals surface area contributed by atoms with Gasteiger partial charge in [0.1, 0.15) is 18.0 Å². The van der Waals surface area contributed by atoms with E-state index in [-0.39, 0.29) is 0 Å². The Hall–Kier alpha value is -1.36. The van der Waals surface area contributed by atoms with Crippen LogP contribution in [0.25, 0.3) is 0 Å². The van der Waals surface area contributed by atoms with Crippen molar-refractivity contribution in [2.75, 3.05) is 24.7 Å². The van der Waals surface area contributed by atoms with Crippen LogP contribution in [0.4, 0.5) is 11.6 Å². The van der Waals surface area contributed by atoms with E-state index in [4.69, 9.17) is 0 Å². The van der Waals surface area contributed by atoms with Gasteiger partial charge in [0.2, 0.25) is 0 Å². The molecule has 104 valence electrons. The number of piperidine rings is 2. The Morgan fingerprint density at radius 2 is 1.84 bits per heavy atom. The van der Waals surface area contributed by atoms with Crippen molar-refractivity contribution in [1.29, 1.82) is 0 Å². The molecule has 0 aliphatic carbocycles. The number of aromatic nitrogens is 2. The molecule has 2 fully saturated rings. The van der Waals surface area contributed by atoms with Gasteiger partial charge >= 0.3 is 0 Å². The molecule has 0 radical (unpaired) electrons. The highest BCUT2D eigenvalue weighted by Crippen LogP contribution is 2.33. The Morgan fingerprint density at radius 3 is 2.53 bits per heavy atom. The number of fused-ring (bicyclic) bond motifs is 2. The lowest BCUT2D eigenvalue weighted by molar-refractivity contribution is 0.0608. The molecule has 0 spiro atoms. The molecule has 2 unspecified atom stereocenters. The van der Waals surface area contributed by atoms with E-state index in [1.807, 2.05) is 13.1 Å². The van der Waals surface area contributed by atoms with Crippen LogP contribution >= 0.6 is 0 Å². The predicted molar refractivity (Wildman–Crippen MR) is 77.4 cm³/mol. The molecule has 0 saturated carbocycles. The van der Waals surface area contributed by atoms with E-state index in [0.717, 1.165) is 23.7 Å². The van der Waals surface area contributed by atoms with Gasteiger partial charge in [-0.2, -0.15) is 0 Å². The summed E-state index contributed by atoms with van der Waals surface area (Å²) < 4.78 is 0. The number of rotatable bonds is 3. The van der Waals surface area contributed by atoms with Crippen molar-refractivity contribution in [3.63, 3.8) is 0 Å². The summed E-state index contributed by atoms with van der Waals surface area (Å²) in [7, 11) is 4.17. The standard InChI is InChI=1S/C14H23N5/c1-15-13-8-14(17-9-16-13)18-10-6-11-4-3-5-12(7-10)19(11)2/h8-12H,3-7H2,1-2H3,(H2,15,16,17,18). The molecular weight excluding hydrogens is 238 g/mol. The second-order valence-electron chi connectivity index (χ2n) is 5.76. The molecule has 5 heteroatoms. The van der Waals surface area contributed by atoms with Gasteiger partial charge in [-0.15, -0.1) is 0 Å². The van der Waals surface area contributed by atoms with Crippen LogP contribution in [0.5, 0.6) is 0 Å². The molecule has 0 amide bonds. The van der Waals surface area contributed by atoms with Crippen molar-refractivity contribution in [2.45, 2.75) is 50.2 Å². The van der Waals surface area contributed by atoms with Crippen molar-refractivity contribution in [1.82, 2.24) is 14.9 Å². The van der Waals surface area contributed by atoms with E-state index in [9.17, 15) is 0 Å². The summed E-state index contributed by atoms with van der Waals surface area (Å²) in [4.78, 5) is 11.1. The lowest BCUT2D eigenvalue weighted by Gasteiger charge is -2.47.